The Balaban J connectivity index is 2.06. The minimum absolute atomic E-state index is 0.0362. The summed E-state index contributed by atoms with van der Waals surface area (Å²) in [6.45, 7) is 3.83. The molecule has 0 atom stereocenters. The summed E-state index contributed by atoms with van der Waals surface area (Å²) >= 11 is 0. The molecule has 1 amide bonds. The molecular formula is C16H21N3O4. The maximum Gasteiger partial charge on any atom is 0.227 e. The Morgan fingerprint density at radius 3 is 2.65 bits per heavy atom. The number of aryl methyl sites for hydroxylation is 1. The third kappa shape index (κ3) is 4.45. The fraction of sp³-hybridized carbons (Fsp3) is 0.438. The van der Waals surface area contributed by atoms with Crippen molar-refractivity contribution in [2.24, 2.45) is 0 Å². The lowest BCUT2D eigenvalue weighted by Crippen LogP contribution is -2.30. The van der Waals surface area contributed by atoms with Gasteiger partial charge >= 0.3 is 0 Å². The van der Waals surface area contributed by atoms with E-state index >= 15 is 0 Å². The van der Waals surface area contributed by atoms with Crippen LogP contribution in [0.4, 0.5) is 0 Å². The van der Waals surface area contributed by atoms with Crippen molar-refractivity contribution in [2.45, 2.75) is 32.7 Å². The molecule has 0 saturated heterocycles. The summed E-state index contributed by atoms with van der Waals surface area (Å²) < 4.78 is 15.6. The SMILES string of the molecule is COc1ccc(-c2noc(CCC(=O)NC(C)C)n2)cc1OC. The van der Waals surface area contributed by atoms with Crippen LogP contribution in [0.5, 0.6) is 11.5 Å². The van der Waals surface area contributed by atoms with Gasteiger partial charge in [0.15, 0.2) is 11.5 Å². The first-order chi connectivity index (χ1) is 11.0. The number of carbonyl (C=O) groups excluding carboxylic acids is 1. The number of aromatic nitrogens is 2. The molecule has 0 aliphatic rings. The molecule has 0 fully saturated rings. The van der Waals surface area contributed by atoms with E-state index < -0.39 is 0 Å². The van der Waals surface area contributed by atoms with E-state index in [2.05, 4.69) is 15.5 Å². The van der Waals surface area contributed by atoms with Gasteiger partial charge in [0, 0.05) is 24.4 Å². The van der Waals surface area contributed by atoms with Crippen LogP contribution in [0.15, 0.2) is 22.7 Å². The van der Waals surface area contributed by atoms with Crippen LogP contribution in [-0.4, -0.2) is 36.3 Å². The zero-order chi connectivity index (χ0) is 16.8. The molecule has 23 heavy (non-hydrogen) atoms. The zero-order valence-electron chi connectivity index (χ0n) is 13.8. The molecule has 0 spiro atoms. The average Bonchev–Trinajstić information content (AvgIpc) is 3.00. The maximum absolute atomic E-state index is 11.6. The van der Waals surface area contributed by atoms with Gasteiger partial charge in [0.05, 0.1) is 14.2 Å². The van der Waals surface area contributed by atoms with E-state index in [0.29, 0.717) is 36.1 Å². The smallest absolute Gasteiger partial charge is 0.227 e. The fourth-order valence-corrected chi connectivity index (χ4v) is 2.06. The number of methoxy groups -OCH3 is 2. The molecular weight excluding hydrogens is 298 g/mol. The molecule has 7 nitrogen and oxygen atoms in total. The molecule has 1 heterocycles. The van der Waals surface area contributed by atoms with E-state index in [1.54, 1.807) is 26.4 Å². The number of carbonyl (C=O) groups is 1. The molecule has 0 radical (unpaired) electrons. The lowest BCUT2D eigenvalue weighted by molar-refractivity contribution is -0.121. The van der Waals surface area contributed by atoms with Crippen LogP contribution >= 0.6 is 0 Å². The molecule has 1 aromatic heterocycles. The third-order valence-electron chi connectivity index (χ3n) is 3.13. The van der Waals surface area contributed by atoms with Crippen LogP contribution < -0.4 is 14.8 Å². The van der Waals surface area contributed by atoms with Gasteiger partial charge in [0.2, 0.25) is 17.6 Å². The minimum Gasteiger partial charge on any atom is -0.493 e. The Kier molecular flexibility index (Phi) is 5.56. The maximum atomic E-state index is 11.6. The van der Waals surface area contributed by atoms with E-state index in [1.165, 1.54) is 0 Å². The van der Waals surface area contributed by atoms with Crippen molar-refractivity contribution in [3.05, 3.63) is 24.1 Å². The molecule has 0 saturated carbocycles. The highest BCUT2D eigenvalue weighted by molar-refractivity contribution is 5.76. The van der Waals surface area contributed by atoms with Crippen LogP contribution in [0, 0.1) is 0 Å². The summed E-state index contributed by atoms with van der Waals surface area (Å²) in [5.74, 6) is 2.06. The highest BCUT2D eigenvalue weighted by atomic mass is 16.5. The zero-order valence-corrected chi connectivity index (χ0v) is 13.8. The fourth-order valence-electron chi connectivity index (χ4n) is 2.06. The first-order valence-corrected chi connectivity index (χ1v) is 7.37. The molecule has 0 bridgehead atoms. The molecule has 1 aromatic carbocycles. The third-order valence-corrected chi connectivity index (χ3v) is 3.13. The van der Waals surface area contributed by atoms with Crippen molar-refractivity contribution in [2.75, 3.05) is 14.2 Å². The van der Waals surface area contributed by atoms with Crippen molar-refractivity contribution in [1.29, 1.82) is 0 Å². The number of ether oxygens (including phenoxy) is 2. The monoisotopic (exact) mass is 319 g/mol. The molecule has 0 unspecified atom stereocenters. The van der Waals surface area contributed by atoms with Crippen LogP contribution in [0.25, 0.3) is 11.4 Å². The predicted octanol–water partition coefficient (Wildman–Crippen LogP) is 2.21. The van der Waals surface area contributed by atoms with Gasteiger partial charge in [0.1, 0.15) is 0 Å². The van der Waals surface area contributed by atoms with E-state index in [0.717, 1.165) is 5.56 Å². The average molecular weight is 319 g/mol. The predicted molar refractivity (Wildman–Crippen MR) is 84.4 cm³/mol. The second-order valence-corrected chi connectivity index (χ2v) is 5.30. The highest BCUT2D eigenvalue weighted by Crippen LogP contribution is 2.31. The summed E-state index contributed by atoms with van der Waals surface area (Å²) in [4.78, 5) is 15.9. The Morgan fingerprint density at radius 1 is 1.26 bits per heavy atom. The number of nitrogens with zero attached hydrogens (tertiary/aromatic N) is 2. The van der Waals surface area contributed by atoms with E-state index in [4.69, 9.17) is 14.0 Å². The van der Waals surface area contributed by atoms with Crippen LogP contribution in [0.1, 0.15) is 26.2 Å². The van der Waals surface area contributed by atoms with Crippen molar-refractivity contribution in [1.82, 2.24) is 15.5 Å². The van der Waals surface area contributed by atoms with Gasteiger partial charge in [-0.25, -0.2) is 0 Å². The molecule has 2 rings (SSSR count). The van der Waals surface area contributed by atoms with Gasteiger partial charge in [-0.05, 0) is 32.0 Å². The Labute approximate surface area is 135 Å². The number of rotatable bonds is 7. The number of amides is 1. The number of benzene rings is 1. The number of nitrogens with one attached hydrogen (secondary N) is 1. The second-order valence-electron chi connectivity index (χ2n) is 5.30. The Bertz CT molecular complexity index is 667. The lowest BCUT2D eigenvalue weighted by atomic mass is 10.2. The molecule has 0 aliphatic heterocycles. The molecule has 0 aliphatic carbocycles. The van der Waals surface area contributed by atoms with Crippen LogP contribution in [-0.2, 0) is 11.2 Å². The van der Waals surface area contributed by atoms with Crippen molar-refractivity contribution in [3.8, 4) is 22.9 Å². The van der Waals surface area contributed by atoms with Crippen molar-refractivity contribution >= 4 is 5.91 Å². The van der Waals surface area contributed by atoms with Crippen molar-refractivity contribution < 1.29 is 18.8 Å². The quantitative estimate of drug-likeness (QED) is 0.842. The summed E-state index contributed by atoms with van der Waals surface area (Å²) in [6, 6.07) is 5.49. The normalized spacial score (nSPS) is 10.7. The summed E-state index contributed by atoms with van der Waals surface area (Å²) in [7, 11) is 3.14. The highest BCUT2D eigenvalue weighted by Gasteiger charge is 2.13. The number of hydrogen-bond acceptors (Lipinski definition) is 6. The van der Waals surface area contributed by atoms with Gasteiger partial charge in [-0.1, -0.05) is 5.16 Å². The summed E-state index contributed by atoms with van der Waals surface area (Å²) in [6.07, 6.45) is 0.713. The van der Waals surface area contributed by atoms with Gasteiger partial charge in [0.25, 0.3) is 0 Å². The topological polar surface area (TPSA) is 86.5 Å². The van der Waals surface area contributed by atoms with Gasteiger partial charge < -0.3 is 19.3 Å². The van der Waals surface area contributed by atoms with Gasteiger partial charge in [-0.15, -0.1) is 0 Å². The molecule has 1 N–H and O–H groups in total. The largest absolute Gasteiger partial charge is 0.493 e. The van der Waals surface area contributed by atoms with Crippen LogP contribution in [0.2, 0.25) is 0 Å². The second kappa shape index (κ2) is 7.62. The Morgan fingerprint density at radius 2 is 2.00 bits per heavy atom. The molecule has 7 heteroatoms. The van der Waals surface area contributed by atoms with E-state index in [9.17, 15) is 4.79 Å². The summed E-state index contributed by atoms with van der Waals surface area (Å²) in [5, 5.41) is 6.76. The van der Waals surface area contributed by atoms with Crippen LogP contribution in [0.3, 0.4) is 0 Å². The number of hydrogen-bond donors (Lipinski definition) is 1. The molecule has 124 valence electrons. The van der Waals surface area contributed by atoms with E-state index in [-0.39, 0.29) is 11.9 Å². The first kappa shape index (κ1) is 16.8. The minimum atomic E-state index is -0.0362. The van der Waals surface area contributed by atoms with Gasteiger partial charge in [-0.2, -0.15) is 4.98 Å². The van der Waals surface area contributed by atoms with Crippen molar-refractivity contribution in [3.63, 3.8) is 0 Å². The van der Waals surface area contributed by atoms with E-state index in [1.807, 2.05) is 19.9 Å². The standard InChI is InChI=1S/C16H21N3O4/c1-10(2)17-14(20)7-8-15-18-16(19-23-15)11-5-6-12(21-3)13(9-11)22-4/h5-6,9-10H,7-8H2,1-4H3,(H,17,20). The lowest BCUT2D eigenvalue weighted by Gasteiger charge is -2.07. The molecule has 2 aromatic rings. The first-order valence-electron chi connectivity index (χ1n) is 7.37. The Hall–Kier alpha value is -2.57. The summed E-state index contributed by atoms with van der Waals surface area (Å²) in [5.41, 5.74) is 0.754. The van der Waals surface area contributed by atoms with Gasteiger partial charge in [-0.3, -0.25) is 4.79 Å².